The summed E-state index contributed by atoms with van der Waals surface area (Å²) in [5, 5.41) is 8.66. The highest BCUT2D eigenvalue weighted by atomic mass is 32.2. The minimum absolute atomic E-state index is 0.347. The lowest BCUT2D eigenvalue weighted by Gasteiger charge is -2.28. The molecule has 2 aromatic carbocycles. The van der Waals surface area contributed by atoms with Gasteiger partial charge in [-0.05, 0) is 43.5 Å². The number of fused-ring (bicyclic) bond motifs is 1. The van der Waals surface area contributed by atoms with Crippen LogP contribution in [0.25, 0.3) is 0 Å². The van der Waals surface area contributed by atoms with Gasteiger partial charge in [-0.3, -0.25) is 0 Å². The van der Waals surface area contributed by atoms with Crippen molar-refractivity contribution < 1.29 is 14.3 Å². The molecule has 3 aromatic rings. The smallest absolute Gasteiger partial charge is 0.338 e. The van der Waals surface area contributed by atoms with Gasteiger partial charge in [0.2, 0.25) is 11.1 Å². The molecule has 0 saturated heterocycles. The first-order chi connectivity index (χ1) is 16.1. The number of carbonyl (C=O) groups excluding carboxylic acids is 1. The first-order valence-corrected chi connectivity index (χ1v) is 12.1. The van der Waals surface area contributed by atoms with Crippen molar-refractivity contribution in [1.82, 2.24) is 14.8 Å². The quantitative estimate of drug-likeness (QED) is 0.344. The van der Waals surface area contributed by atoms with Gasteiger partial charge in [0.15, 0.2) is 0 Å². The number of allylic oxidation sites excluding steroid dienone is 1. The average Bonchev–Trinajstić information content (AvgIpc) is 3.24. The summed E-state index contributed by atoms with van der Waals surface area (Å²) in [5.41, 5.74) is 3.36. The molecule has 1 N–H and O–H groups in total. The zero-order chi connectivity index (χ0) is 23.2. The fraction of sp³-hybridized carbons (Fsp3) is 0.320. The zero-order valence-electron chi connectivity index (χ0n) is 19.1. The number of ether oxygens (including phenoxy) is 2. The summed E-state index contributed by atoms with van der Waals surface area (Å²) < 4.78 is 12.9. The standard InChI is InChI=1S/C25H28N4O3S/c1-4-15-32-23(30)21-17(3)26-24-27-25(33-16-18-9-7-6-8-10-18)28-29(24)22(21)19-11-13-20(14-12-19)31-5-2/h6-14,22H,4-5,15-16H2,1-3H3,(H,26,27,28). The molecule has 1 unspecified atom stereocenters. The summed E-state index contributed by atoms with van der Waals surface area (Å²) in [6, 6.07) is 17.5. The number of esters is 1. The topological polar surface area (TPSA) is 78.3 Å². The van der Waals surface area contributed by atoms with E-state index in [0.717, 1.165) is 29.2 Å². The molecule has 0 radical (unpaired) electrons. The van der Waals surface area contributed by atoms with E-state index in [4.69, 9.17) is 14.6 Å². The Morgan fingerprint density at radius 2 is 1.88 bits per heavy atom. The van der Waals surface area contributed by atoms with E-state index in [2.05, 4.69) is 22.4 Å². The predicted molar refractivity (Wildman–Crippen MR) is 129 cm³/mol. The van der Waals surface area contributed by atoms with E-state index in [-0.39, 0.29) is 5.97 Å². The average molecular weight is 465 g/mol. The number of hydrogen-bond donors (Lipinski definition) is 1. The Labute approximate surface area is 198 Å². The number of anilines is 1. The molecule has 0 spiro atoms. The fourth-order valence-electron chi connectivity index (χ4n) is 3.67. The molecule has 1 aliphatic rings. The van der Waals surface area contributed by atoms with Gasteiger partial charge in [0.05, 0.1) is 18.8 Å². The summed E-state index contributed by atoms with van der Waals surface area (Å²) >= 11 is 1.56. The Hall–Kier alpha value is -3.26. The number of nitrogens with zero attached hydrogens (tertiary/aromatic N) is 3. The first-order valence-electron chi connectivity index (χ1n) is 11.1. The van der Waals surface area contributed by atoms with Gasteiger partial charge in [0.25, 0.3) is 0 Å². The van der Waals surface area contributed by atoms with Crippen molar-refractivity contribution in [3.63, 3.8) is 0 Å². The molecule has 7 nitrogen and oxygen atoms in total. The van der Waals surface area contributed by atoms with Crippen LogP contribution < -0.4 is 10.1 Å². The minimum Gasteiger partial charge on any atom is -0.494 e. The maximum Gasteiger partial charge on any atom is 0.338 e. The Morgan fingerprint density at radius 3 is 2.58 bits per heavy atom. The first kappa shape index (κ1) is 22.9. The van der Waals surface area contributed by atoms with Crippen molar-refractivity contribution in [2.75, 3.05) is 18.5 Å². The lowest BCUT2D eigenvalue weighted by Crippen LogP contribution is -2.29. The van der Waals surface area contributed by atoms with Crippen molar-refractivity contribution >= 4 is 23.7 Å². The third-order valence-electron chi connectivity index (χ3n) is 5.21. The Bertz CT molecular complexity index is 1130. The monoisotopic (exact) mass is 464 g/mol. The molecule has 8 heteroatoms. The molecule has 1 atom stereocenters. The Balaban J connectivity index is 1.67. The van der Waals surface area contributed by atoms with E-state index < -0.39 is 6.04 Å². The molecule has 0 saturated carbocycles. The van der Waals surface area contributed by atoms with Crippen molar-refractivity contribution in [3.05, 3.63) is 77.0 Å². The number of carbonyl (C=O) groups is 1. The van der Waals surface area contributed by atoms with Crippen molar-refractivity contribution in [3.8, 4) is 5.75 Å². The number of benzene rings is 2. The molecular formula is C25H28N4O3S. The Morgan fingerprint density at radius 1 is 1.12 bits per heavy atom. The second kappa shape index (κ2) is 10.6. The predicted octanol–water partition coefficient (Wildman–Crippen LogP) is 5.21. The molecule has 4 rings (SSSR count). The van der Waals surface area contributed by atoms with E-state index in [0.29, 0.717) is 29.9 Å². The second-order valence-corrected chi connectivity index (χ2v) is 8.58. The van der Waals surface area contributed by atoms with Gasteiger partial charge >= 0.3 is 5.97 Å². The minimum atomic E-state index is -0.445. The van der Waals surface area contributed by atoms with Crippen LogP contribution in [0.3, 0.4) is 0 Å². The van der Waals surface area contributed by atoms with Crippen LogP contribution in [-0.2, 0) is 15.3 Å². The van der Waals surface area contributed by atoms with Crippen molar-refractivity contribution in [2.24, 2.45) is 0 Å². The molecule has 0 bridgehead atoms. The van der Waals surface area contributed by atoms with Gasteiger partial charge in [-0.1, -0.05) is 61.2 Å². The molecule has 1 aliphatic heterocycles. The molecular weight excluding hydrogens is 436 g/mol. The van der Waals surface area contributed by atoms with Crippen LogP contribution in [0.15, 0.2) is 71.0 Å². The Kier molecular flexibility index (Phi) is 7.34. The molecule has 0 aliphatic carbocycles. The van der Waals surface area contributed by atoms with E-state index in [1.165, 1.54) is 5.56 Å². The van der Waals surface area contributed by atoms with Crippen LogP contribution in [0.2, 0.25) is 0 Å². The highest BCUT2D eigenvalue weighted by Crippen LogP contribution is 2.37. The summed E-state index contributed by atoms with van der Waals surface area (Å²) in [5.74, 6) is 1.80. The molecule has 172 valence electrons. The molecule has 0 amide bonds. The number of aromatic nitrogens is 3. The van der Waals surface area contributed by atoms with E-state index in [1.807, 2.05) is 63.2 Å². The van der Waals surface area contributed by atoms with Crippen LogP contribution in [0.4, 0.5) is 5.95 Å². The highest BCUT2D eigenvalue weighted by Gasteiger charge is 2.35. The van der Waals surface area contributed by atoms with E-state index in [9.17, 15) is 4.79 Å². The van der Waals surface area contributed by atoms with Gasteiger partial charge in [-0.2, -0.15) is 4.98 Å². The lowest BCUT2D eigenvalue weighted by atomic mass is 9.96. The van der Waals surface area contributed by atoms with Crippen molar-refractivity contribution in [2.45, 2.75) is 44.1 Å². The van der Waals surface area contributed by atoms with Crippen LogP contribution >= 0.6 is 11.8 Å². The van der Waals surface area contributed by atoms with Gasteiger partial charge < -0.3 is 14.8 Å². The molecule has 33 heavy (non-hydrogen) atoms. The van der Waals surface area contributed by atoms with Gasteiger partial charge in [-0.25, -0.2) is 9.48 Å². The molecule has 1 aromatic heterocycles. The van der Waals surface area contributed by atoms with Crippen molar-refractivity contribution in [1.29, 1.82) is 0 Å². The fourth-order valence-corrected chi connectivity index (χ4v) is 4.46. The van der Waals surface area contributed by atoms with Crippen LogP contribution in [-0.4, -0.2) is 33.9 Å². The van der Waals surface area contributed by atoms with Gasteiger partial charge in [-0.15, -0.1) is 5.10 Å². The summed E-state index contributed by atoms with van der Waals surface area (Å²) in [6.07, 6.45) is 0.758. The SMILES string of the molecule is CCCOC(=O)C1=C(C)Nc2nc(SCc3ccccc3)nn2C1c1ccc(OCC)cc1. The van der Waals surface area contributed by atoms with E-state index in [1.54, 1.807) is 16.4 Å². The number of hydrogen-bond acceptors (Lipinski definition) is 7. The number of rotatable bonds is 9. The summed E-state index contributed by atoms with van der Waals surface area (Å²) in [7, 11) is 0. The maximum absolute atomic E-state index is 13.0. The van der Waals surface area contributed by atoms with Crippen LogP contribution in [0.1, 0.15) is 44.4 Å². The van der Waals surface area contributed by atoms with E-state index >= 15 is 0 Å². The van der Waals surface area contributed by atoms with Crippen LogP contribution in [0.5, 0.6) is 5.75 Å². The number of thioether (sulfide) groups is 1. The molecule has 0 fully saturated rings. The molecule has 2 heterocycles. The number of nitrogens with one attached hydrogen (secondary N) is 1. The zero-order valence-corrected chi connectivity index (χ0v) is 19.9. The summed E-state index contributed by atoms with van der Waals surface area (Å²) in [4.78, 5) is 17.7. The van der Waals surface area contributed by atoms with Crippen LogP contribution in [0, 0.1) is 0 Å². The largest absolute Gasteiger partial charge is 0.494 e. The second-order valence-electron chi connectivity index (χ2n) is 7.64. The van der Waals surface area contributed by atoms with Gasteiger partial charge in [0.1, 0.15) is 11.8 Å². The third-order valence-corrected chi connectivity index (χ3v) is 6.12. The summed E-state index contributed by atoms with van der Waals surface area (Å²) in [6.45, 7) is 6.76. The lowest BCUT2D eigenvalue weighted by molar-refractivity contribution is -0.139. The maximum atomic E-state index is 13.0. The normalized spacial score (nSPS) is 15.1. The third kappa shape index (κ3) is 5.22. The highest BCUT2D eigenvalue weighted by molar-refractivity contribution is 7.98. The van der Waals surface area contributed by atoms with Gasteiger partial charge in [0, 0.05) is 11.4 Å².